The minimum atomic E-state index is -3.21. The first-order valence-electron chi connectivity index (χ1n) is 7.14. The van der Waals surface area contributed by atoms with Gasteiger partial charge in [0.25, 0.3) is 0 Å². The van der Waals surface area contributed by atoms with Crippen molar-refractivity contribution >= 4 is 15.9 Å². The molecule has 1 aliphatic rings. The first kappa shape index (κ1) is 16.0. The summed E-state index contributed by atoms with van der Waals surface area (Å²) in [6, 6.07) is 7.97. The van der Waals surface area contributed by atoms with Crippen molar-refractivity contribution in [3.8, 4) is 0 Å². The normalized spacial score (nSPS) is 20.2. The van der Waals surface area contributed by atoms with E-state index >= 15 is 0 Å². The van der Waals surface area contributed by atoms with Crippen LogP contribution in [0.5, 0.6) is 0 Å². The fraction of sp³-hybridized carbons (Fsp3) is 0.533. The number of aryl methyl sites for hydroxylation is 1. The standard InChI is InChI=1S/C15H22N2O3S/c1-12-5-3-6-13(9-12)10-16-15(18)14-7-4-8-17(11-14)21(2,19)20/h3,5-6,9,14H,4,7-8,10-11H2,1-2H3,(H,16,18)/t14-/m0/s1. The summed E-state index contributed by atoms with van der Waals surface area (Å²) in [5.41, 5.74) is 2.21. The number of hydrogen-bond donors (Lipinski definition) is 1. The van der Waals surface area contributed by atoms with Crippen LogP contribution in [0.3, 0.4) is 0 Å². The molecule has 0 saturated carbocycles. The Kier molecular flexibility index (Phi) is 5.00. The third-order valence-corrected chi connectivity index (χ3v) is 5.04. The van der Waals surface area contributed by atoms with Crippen molar-refractivity contribution in [1.82, 2.24) is 9.62 Å². The van der Waals surface area contributed by atoms with Gasteiger partial charge in [0, 0.05) is 19.6 Å². The lowest BCUT2D eigenvalue weighted by Crippen LogP contribution is -2.44. The molecule has 1 saturated heterocycles. The Bertz CT molecular complexity index is 613. The Balaban J connectivity index is 1.91. The molecule has 1 N–H and O–H groups in total. The monoisotopic (exact) mass is 310 g/mol. The van der Waals surface area contributed by atoms with E-state index < -0.39 is 10.0 Å². The zero-order chi connectivity index (χ0) is 15.5. The van der Waals surface area contributed by atoms with Crippen molar-refractivity contribution in [3.05, 3.63) is 35.4 Å². The smallest absolute Gasteiger partial charge is 0.224 e. The van der Waals surface area contributed by atoms with Crippen LogP contribution in [0.25, 0.3) is 0 Å². The number of carbonyl (C=O) groups is 1. The molecule has 0 aliphatic carbocycles. The van der Waals surface area contributed by atoms with Crippen molar-refractivity contribution < 1.29 is 13.2 Å². The SMILES string of the molecule is Cc1cccc(CNC(=O)[C@H]2CCCN(S(C)(=O)=O)C2)c1. The molecule has 0 spiro atoms. The molecule has 0 radical (unpaired) electrons. The van der Waals surface area contributed by atoms with E-state index in [1.165, 1.54) is 10.6 Å². The van der Waals surface area contributed by atoms with Crippen molar-refractivity contribution in [3.63, 3.8) is 0 Å². The molecule has 1 aromatic carbocycles. The largest absolute Gasteiger partial charge is 0.352 e. The second-order valence-corrected chi connectivity index (χ2v) is 7.65. The molecule has 5 nitrogen and oxygen atoms in total. The van der Waals surface area contributed by atoms with Gasteiger partial charge in [-0.3, -0.25) is 4.79 Å². The summed E-state index contributed by atoms with van der Waals surface area (Å²) in [4.78, 5) is 12.2. The van der Waals surface area contributed by atoms with E-state index in [1.54, 1.807) is 0 Å². The van der Waals surface area contributed by atoms with Gasteiger partial charge in [-0.05, 0) is 25.3 Å². The second-order valence-electron chi connectivity index (χ2n) is 5.67. The van der Waals surface area contributed by atoms with Gasteiger partial charge in [-0.15, -0.1) is 0 Å². The molecule has 1 heterocycles. The second kappa shape index (κ2) is 6.58. The van der Waals surface area contributed by atoms with Crippen LogP contribution in [0, 0.1) is 12.8 Å². The zero-order valence-electron chi connectivity index (χ0n) is 12.5. The number of rotatable bonds is 4. The molecule has 0 aromatic heterocycles. The highest BCUT2D eigenvalue weighted by molar-refractivity contribution is 7.88. The Morgan fingerprint density at radius 3 is 2.86 bits per heavy atom. The van der Waals surface area contributed by atoms with Crippen LogP contribution in [0.1, 0.15) is 24.0 Å². The van der Waals surface area contributed by atoms with E-state index in [-0.39, 0.29) is 11.8 Å². The third kappa shape index (κ3) is 4.54. The van der Waals surface area contributed by atoms with Crippen LogP contribution < -0.4 is 5.32 Å². The number of piperidine rings is 1. The van der Waals surface area contributed by atoms with Crippen LogP contribution in [0.2, 0.25) is 0 Å². The van der Waals surface area contributed by atoms with Gasteiger partial charge < -0.3 is 5.32 Å². The average Bonchev–Trinajstić information content (AvgIpc) is 2.44. The summed E-state index contributed by atoms with van der Waals surface area (Å²) in [6.45, 7) is 3.30. The lowest BCUT2D eigenvalue weighted by Gasteiger charge is -2.30. The maximum atomic E-state index is 12.2. The van der Waals surface area contributed by atoms with Gasteiger partial charge in [0.2, 0.25) is 15.9 Å². The van der Waals surface area contributed by atoms with E-state index in [0.29, 0.717) is 19.6 Å². The van der Waals surface area contributed by atoms with Gasteiger partial charge in [-0.1, -0.05) is 29.8 Å². The summed E-state index contributed by atoms with van der Waals surface area (Å²) in [6.07, 6.45) is 2.67. The number of nitrogens with zero attached hydrogens (tertiary/aromatic N) is 1. The van der Waals surface area contributed by atoms with Crippen LogP contribution in [-0.4, -0.2) is 38.0 Å². The Hall–Kier alpha value is -1.40. The van der Waals surface area contributed by atoms with E-state index in [4.69, 9.17) is 0 Å². The van der Waals surface area contributed by atoms with Gasteiger partial charge in [-0.25, -0.2) is 12.7 Å². The molecule has 6 heteroatoms. The highest BCUT2D eigenvalue weighted by Crippen LogP contribution is 2.19. The Morgan fingerprint density at radius 1 is 1.43 bits per heavy atom. The quantitative estimate of drug-likeness (QED) is 0.911. The number of amides is 1. The van der Waals surface area contributed by atoms with Crippen molar-refractivity contribution in [2.75, 3.05) is 19.3 Å². The van der Waals surface area contributed by atoms with Crippen molar-refractivity contribution in [2.24, 2.45) is 5.92 Å². The maximum absolute atomic E-state index is 12.2. The van der Waals surface area contributed by atoms with Crippen molar-refractivity contribution in [1.29, 1.82) is 0 Å². The summed E-state index contributed by atoms with van der Waals surface area (Å²) in [5.74, 6) is -0.317. The molecular formula is C15H22N2O3S. The fourth-order valence-corrected chi connectivity index (χ4v) is 3.52. The van der Waals surface area contributed by atoms with E-state index in [0.717, 1.165) is 24.0 Å². The number of benzene rings is 1. The van der Waals surface area contributed by atoms with Crippen LogP contribution in [0.4, 0.5) is 0 Å². The van der Waals surface area contributed by atoms with Gasteiger partial charge >= 0.3 is 0 Å². The zero-order valence-corrected chi connectivity index (χ0v) is 13.3. The summed E-state index contributed by atoms with van der Waals surface area (Å²) in [5, 5.41) is 2.91. The molecule has 1 atom stereocenters. The predicted octanol–water partition coefficient (Wildman–Crippen LogP) is 1.28. The lowest BCUT2D eigenvalue weighted by atomic mass is 9.98. The van der Waals surface area contributed by atoms with Crippen molar-refractivity contribution in [2.45, 2.75) is 26.3 Å². The van der Waals surface area contributed by atoms with Gasteiger partial charge in [0.1, 0.15) is 0 Å². The number of hydrogen-bond acceptors (Lipinski definition) is 3. The predicted molar refractivity (Wildman–Crippen MR) is 82.2 cm³/mol. The Labute approximate surface area is 126 Å². The summed E-state index contributed by atoms with van der Waals surface area (Å²) >= 11 is 0. The third-order valence-electron chi connectivity index (χ3n) is 3.77. The van der Waals surface area contributed by atoms with E-state index in [1.807, 2.05) is 31.2 Å². The first-order chi connectivity index (χ1) is 9.86. The molecule has 116 valence electrons. The summed E-state index contributed by atoms with van der Waals surface area (Å²) in [7, 11) is -3.21. The number of nitrogens with one attached hydrogen (secondary N) is 1. The molecule has 21 heavy (non-hydrogen) atoms. The van der Waals surface area contributed by atoms with Gasteiger partial charge in [-0.2, -0.15) is 0 Å². The maximum Gasteiger partial charge on any atom is 0.224 e. The minimum Gasteiger partial charge on any atom is -0.352 e. The van der Waals surface area contributed by atoms with Crippen LogP contribution >= 0.6 is 0 Å². The van der Waals surface area contributed by atoms with Crippen LogP contribution in [0.15, 0.2) is 24.3 Å². The molecule has 1 fully saturated rings. The average molecular weight is 310 g/mol. The summed E-state index contributed by atoms with van der Waals surface area (Å²) < 4.78 is 24.5. The molecule has 0 unspecified atom stereocenters. The first-order valence-corrected chi connectivity index (χ1v) is 8.99. The number of carbonyl (C=O) groups excluding carboxylic acids is 1. The lowest BCUT2D eigenvalue weighted by molar-refractivity contribution is -0.126. The fourth-order valence-electron chi connectivity index (χ4n) is 2.61. The highest BCUT2D eigenvalue weighted by Gasteiger charge is 2.29. The highest BCUT2D eigenvalue weighted by atomic mass is 32.2. The Morgan fingerprint density at radius 2 is 2.19 bits per heavy atom. The topological polar surface area (TPSA) is 66.5 Å². The molecule has 1 aromatic rings. The number of sulfonamides is 1. The van der Waals surface area contributed by atoms with E-state index in [2.05, 4.69) is 5.32 Å². The van der Waals surface area contributed by atoms with Gasteiger partial charge in [0.05, 0.1) is 12.2 Å². The molecule has 1 amide bonds. The minimum absolute atomic E-state index is 0.0649. The molecule has 2 rings (SSSR count). The van der Waals surface area contributed by atoms with E-state index in [9.17, 15) is 13.2 Å². The molecule has 1 aliphatic heterocycles. The molecule has 0 bridgehead atoms. The van der Waals surface area contributed by atoms with Crippen LogP contribution in [-0.2, 0) is 21.4 Å². The van der Waals surface area contributed by atoms with Gasteiger partial charge in [0.15, 0.2) is 0 Å². The molecular weight excluding hydrogens is 288 g/mol.